The second kappa shape index (κ2) is 11.6. The van der Waals surface area contributed by atoms with E-state index in [0.717, 1.165) is 6.07 Å². The van der Waals surface area contributed by atoms with Gasteiger partial charge >= 0.3 is 12.3 Å². The minimum atomic E-state index is -4.45. The van der Waals surface area contributed by atoms with Gasteiger partial charge in [0.25, 0.3) is 11.8 Å². The van der Waals surface area contributed by atoms with Gasteiger partial charge in [0.05, 0.1) is 26.9 Å². The third kappa shape index (κ3) is 6.94. The molecule has 0 radical (unpaired) electrons. The summed E-state index contributed by atoms with van der Waals surface area (Å²) in [6.07, 6.45) is -3.97. The van der Waals surface area contributed by atoms with Gasteiger partial charge < -0.3 is 15.4 Å². The summed E-state index contributed by atoms with van der Waals surface area (Å²) in [5, 5.41) is 5.57. The van der Waals surface area contributed by atoms with Crippen LogP contribution in [-0.4, -0.2) is 30.8 Å². The number of ether oxygens (including phenoxy) is 1. The SMILES string of the molecule is O=C(Nc1ccc(OCC(F)(F)C(F)F)c(NC(=O)c2ccc(Cl)cc2Cl)c1)c1ccc(Cl)cc1Cl. The highest BCUT2D eigenvalue weighted by Gasteiger charge is 2.42. The number of nitrogens with one attached hydrogen (secondary N) is 2. The van der Waals surface area contributed by atoms with E-state index in [1.807, 2.05) is 0 Å². The van der Waals surface area contributed by atoms with Gasteiger partial charge in [-0.25, -0.2) is 8.78 Å². The summed E-state index contributed by atoms with van der Waals surface area (Å²) in [6.45, 7) is -1.67. The molecule has 0 aliphatic carbocycles. The van der Waals surface area contributed by atoms with E-state index in [9.17, 15) is 27.2 Å². The van der Waals surface area contributed by atoms with Crippen LogP contribution in [0.15, 0.2) is 54.6 Å². The molecule has 2 N–H and O–H groups in total. The quantitative estimate of drug-likeness (QED) is 0.263. The molecule has 0 aliphatic rings. The smallest absolute Gasteiger partial charge is 0.340 e. The number of halogens is 8. The van der Waals surface area contributed by atoms with Gasteiger partial charge in [0.15, 0.2) is 6.61 Å². The highest BCUT2D eigenvalue weighted by atomic mass is 35.5. The maximum absolute atomic E-state index is 13.4. The van der Waals surface area contributed by atoms with Gasteiger partial charge in [0.1, 0.15) is 5.75 Å². The molecule has 0 bridgehead atoms. The molecule has 0 unspecified atom stereocenters. The Balaban J connectivity index is 1.91. The van der Waals surface area contributed by atoms with Crippen molar-refractivity contribution in [3.63, 3.8) is 0 Å². The fraction of sp³-hybridized carbons (Fsp3) is 0.130. The molecule has 5 nitrogen and oxygen atoms in total. The topological polar surface area (TPSA) is 67.4 Å². The zero-order valence-electron chi connectivity index (χ0n) is 17.7. The molecular formula is C23H14Cl4F4N2O3. The van der Waals surface area contributed by atoms with Gasteiger partial charge in [-0.3, -0.25) is 9.59 Å². The Morgan fingerprint density at radius 3 is 1.83 bits per heavy atom. The van der Waals surface area contributed by atoms with Crippen LogP contribution in [0.3, 0.4) is 0 Å². The van der Waals surface area contributed by atoms with Crippen molar-refractivity contribution in [3.05, 3.63) is 85.8 Å². The highest BCUT2D eigenvalue weighted by molar-refractivity contribution is 6.38. The minimum absolute atomic E-state index is 0.00598. The fourth-order valence-corrected chi connectivity index (χ4v) is 3.79. The van der Waals surface area contributed by atoms with E-state index in [4.69, 9.17) is 51.1 Å². The lowest BCUT2D eigenvalue weighted by atomic mass is 10.1. The number of rotatable bonds is 8. The summed E-state index contributed by atoms with van der Waals surface area (Å²) in [6, 6.07) is 11.8. The predicted molar refractivity (Wildman–Crippen MR) is 132 cm³/mol. The lowest BCUT2D eigenvalue weighted by molar-refractivity contribution is -0.148. The Hall–Kier alpha value is -2.72. The van der Waals surface area contributed by atoms with Gasteiger partial charge in [-0.1, -0.05) is 46.4 Å². The van der Waals surface area contributed by atoms with Crippen LogP contribution in [0.1, 0.15) is 20.7 Å². The van der Waals surface area contributed by atoms with Crippen LogP contribution in [0.4, 0.5) is 28.9 Å². The number of hydrogen-bond acceptors (Lipinski definition) is 3. The summed E-state index contributed by atoms with van der Waals surface area (Å²) in [5.41, 5.74) is -0.0589. The summed E-state index contributed by atoms with van der Waals surface area (Å²) in [4.78, 5) is 25.4. The molecule has 3 rings (SSSR count). The number of anilines is 2. The lowest BCUT2D eigenvalue weighted by Gasteiger charge is -2.19. The first kappa shape index (κ1) is 27.9. The molecule has 0 aliphatic heterocycles. The van der Waals surface area contributed by atoms with E-state index in [1.165, 1.54) is 48.5 Å². The molecule has 0 saturated heterocycles. The van der Waals surface area contributed by atoms with Crippen molar-refractivity contribution < 1.29 is 31.9 Å². The van der Waals surface area contributed by atoms with Crippen LogP contribution in [0.5, 0.6) is 5.75 Å². The molecular weight excluding hydrogens is 570 g/mol. The average molecular weight is 584 g/mol. The standard InChI is InChI=1S/C23H14Cl4F4N2O3/c24-11-1-4-14(16(26)7-11)20(34)32-13-3-6-19(36-10-23(30,31)22(28)29)18(9-13)33-21(35)15-5-2-12(25)8-17(15)27/h1-9,22H,10H2,(H,32,34)(H,33,35). The van der Waals surface area contributed by atoms with Crippen LogP contribution < -0.4 is 15.4 Å². The monoisotopic (exact) mass is 582 g/mol. The van der Waals surface area contributed by atoms with Crippen molar-refractivity contribution >= 4 is 69.6 Å². The molecule has 0 fully saturated rings. The third-order valence-corrected chi connectivity index (χ3v) is 5.67. The maximum atomic E-state index is 13.4. The van der Waals surface area contributed by atoms with Crippen molar-refractivity contribution in [2.24, 2.45) is 0 Å². The normalized spacial score (nSPS) is 11.4. The Morgan fingerprint density at radius 1 is 0.806 bits per heavy atom. The zero-order chi connectivity index (χ0) is 26.6. The molecule has 0 aromatic heterocycles. The summed E-state index contributed by atoms with van der Waals surface area (Å²) in [5.74, 6) is -6.24. The van der Waals surface area contributed by atoms with E-state index in [2.05, 4.69) is 10.6 Å². The molecule has 3 aromatic carbocycles. The fourth-order valence-electron chi connectivity index (χ4n) is 2.80. The van der Waals surface area contributed by atoms with E-state index >= 15 is 0 Å². The molecule has 0 atom stereocenters. The third-order valence-electron chi connectivity index (χ3n) is 4.58. The van der Waals surface area contributed by atoms with Gasteiger partial charge in [-0.15, -0.1) is 0 Å². The van der Waals surface area contributed by atoms with Crippen LogP contribution in [-0.2, 0) is 0 Å². The number of hydrogen-bond donors (Lipinski definition) is 2. The lowest BCUT2D eigenvalue weighted by Crippen LogP contribution is -2.34. The van der Waals surface area contributed by atoms with Gasteiger partial charge in [-0.2, -0.15) is 8.78 Å². The highest BCUT2D eigenvalue weighted by Crippen LogP contribution is 2.33. The number of alkyl halides is 4. The van der Waals surface area contributed by atoms with E-state index in [0.29, 0.717) is 5.02 Å². The zero-order valence-corrected chi connectivity index (χ0v) is 20.8. The van der Waals surface area contributed by atoms with Crippen molar-refractivity contribution in [2.75, 3.05) is 17.2 Å². The van der Waals surface area contributed by atoms with Crippen LogP contribution in [0.2, 0.25) is 20.1 Å². The van der Waals surface area contributed by atoms with Crippen LogP contribution in [0.25, 0.3) is 0 Å². The van der Waals surface area contributed by atoms with Gasteiger partial charge in [-0.05, 0) is 54.6 Å². The van der Waals surface area contributed by atoms with E-state index in [1.54, 1.807) is 0 Å². The molecule has 36 heavy (non-hydrogen) atoms. The number of carbonyl (C=O) groups excluding carboxylic acids is 2. The van der Waals surface area contributed by atoms with Crippen molar-refractivity contribution in [1.82, 2.24) is 0 Å². The van der Waals surface area contributed by atoms with Crippen molar-refractivity contribution in [2.45, 2.75) is 12.3 Å². The summed E-state index contributed by atoms with van der Waals surface area (Å²) in [7, 11) is 0. The maximum Gasteiger partial charge on any atom is 0.340 e. The Labute approximate surface area is 222 Å². The second-order valence-electron chi connectivity index (χ2n) is 7.22. The first-order chi connectivity index (χ1) is 16.9. The van der Waals surface area contributed by atoms with E-state index in [-0.39, 0.29) is 43.3 Å². The largest absolute Gasteiger partial charge is 0.485 e. The van der Waals surface area contributed by atoms with Crippen LogP contribution in [0, 0.1) is 0 Å². The molecule has 2 amide bonds. The van der Waals surface area contributed by atoms with Crippen molar-refractivity contribution in [3.8, 4) is 5.75 Å². The number of amides is 2. The van der Waals surface area contributed by atoms with E-state index < -0.39 is 30.8 Å². The Kier molecular flexibility index (Phi) is 8.94. The summed E-state index contributed by atoms with van der Waals surface area (Å²) < 4.78 is 56.8. The van der Waals surface area contributed by atoms with Crippen LogP contribution >= 0.6 is 46.4 Å². The minimum Gasteiger partial charge on any atom is -0.485 e. The Morgan fingerprint density at radius 2 is 1.33 bits per heavy atom. The number of carbonyl (C=O) groups is 2. The predicted octanol–water partition coefficient (Wildman–Crippen LogP) is 8.08. The second-order valence-corrected chi connectivity index (χ2v) is 8.91. The molecule has 3 aromatic rings. The molecule has 190 valence electrons. The van der Waals surface area contributed by atoms with Crippen molar-refractivity contribution in [1.29, 1.82) is 0 Å². The summed E-state index contributed by atoms with van der Waals surface area (Å²) >= 11 is 23.7. The number of benzene rings is 3. The molecule has 13 heteroatoms. The van der Waals surface area contributed by atoms with Gasteiger partial charge in [0.2, 0.25) is 0 Å². The molecule has 0 saturated carbocycles. The molecule has 0 heterocycles. The Bertz CT molecular complexity index is 1310. The average Bonchev–Trinajstić information content (AvgIpc) is 2.78. The van der Waals surface area contributed by atoms with Gasteiger partial charge in [0, 0.05) is 15.7 Å². The molecule has 0 spiro atoms. The first-order valence-electron chi connectivity index (χ1n) is 9.83. The first-order valence-corrected chi connectivity index (χ1v) is 11.3.